The molecule has 0 aromatic heterocycles. The number of carboxylic acids is 1. The van der Waals surface area contributed by atoms with Crippen molar-refractivity contribution in [2.24, 2.45) is 11.5 Å². The normalized spacial score (nSPS) is 14.0. The largest absolute Gasteiger partial charge is 0.480 e. The average molecular weight is 235 g/mol. The van der Waals surface area contributed by atoms with Crippen molar-refractivity contribution in [3.8, 4) is 0 Å². The minimum atomic E-state index is -1.35. The van der Waals surface area contributed by atoms with E-state index in [1.807, 2.05) is 0 Å². The Labute approximate surface area is 91.6 Å². The maximum Gasteiger partial charge on any atom is 0.326 e. The van der Waals surface area contributed by atoms with Crippen molar-refractivity contribution >= 4 is 30.4 Å². The average Bonchev–Trinajstić information content (AvgIpc) is 2.14. The van der Waals surface area contributed by atoms with E-state index in [4.69, 9.17) is 16.6 Å². The second-order valence-electron chi connectivity index (χ2n) is 2.86. The van der Waals surface area contributed by atoms with Crippen molar-refractivity contribution < 1.29 is 19.5 Å². The van der Waals surface area contributed by atoms with Gasteiger partial charge in [-0.05, 0) is 0 Å². The Morgan fingerprint density at radius 1 is 1.40 bits per heavy atom. The van der Waals surface area contributed by atoms with Gasteiger partial charge in [0.05, 0.1) is 12.5 Å². The van der Waals surface area contributed by atoms with Gasteiger partial charge in [-0.2, -0.15) is 12.6 Å². The number of hydrogen-bond acceptors (Lipinski definition) is 5. The van der Waals surface area contributed by atoms with Crippen LogP contribution in [0, 0.1) is 0 Å². The summed E-state index contributed by atoms with van der Waals surface area (Å²) < 4.78 is 0. The molecule has 0 heterocycles. The minimum Gasteiger partial charge on any atom is -0.480 e. The molecule has 2 atom stereocenters. The molecule has 0 rings (SSSR count). The molecule has 0 aliphatic rings. The smallest absolute Gasteiger partial charge is 0.326 e. The third kappa shape index (κ3) is 5.23. The van der Waals surface area contributed by atoms with Gasteiger partial charge in [-0.15, -0.1) is 0 Å². The zero-order chi connectivity index (χ0) is 12.0. The molecule has 0 unspecified atom stereocenters. The van der Waals surface area contributed by atoms with Crippen LogP contribution in [0.5, 0.6) is 0 Å². The maximum atomic E-state index is 11.2. The molecule has 15 heavy (non-hydrogen) atoms. The summed E-state index contributed by atoms with van der Waals surface area (Å²) >= 11 is 3.77. The molecular formula is C7H13N3O4S. The molecule has 0 aromatic carbocycles. The van der Waals surface area contributed by atoms with E-state index in [0.717, 1.165) is 0 Å². The summed E-state index contributed by atoms with van der Waals surface area (Å²) in [4.78, 5) is 32.3. The van der Waals surface area contributed by atoms with Crippen LogP contribution in [0.1, 0.15) is 6.42 Å². The van der Waals surface area contributed by atoms with Crippen molar-refractivity contribution in [1.29, 1.82) is 0 Å². The summed E-state index contributed by atoms with van der Waals surface area (Å²) in [5.74, 6) is -2.76. The first-order valence-electron chi connectivity index (χ1n) is 4.06. The number of carboxylic acid groups (broad SMARTS) is 1. The van der Waals surface area contributed by atoms with E-state index in [2.05, 4.69) is 17.9 Å². The summed E-state index contributed by atoms with van der Waals surface area (Å²) in [5.41, 5.74) is 10.1. The van der Waals surface area contributed by atoms with E-state index in [-0.39, 0.29) is 5.75 Å². The van der Waals surface area contributed by atoms with Gasteiger partial charge in [0.1, 0.15) is 6.04 Å². The highest BCUT2D eigenvalue weighted by atomic mass is 32.1. The molecule has 7 nitrogen and oxygen atoms in total. The number of rotatable bonds is 6. The van der Waals surface area contributed by atoms with Gasteiger partial charge in [-0.3, -0.25) is 9.59 Å². The maximum absolute atomic E-state index is 11.2. The van der Waals surface area contributed by atoms with E-state index < -0.39 is 36.3 Å². The number of carbonyl (C=O) groups is 3. The third-order valence-electron chi connectivity index (χ3n) is 1.55. The van der Waals surface area contributed by atoms with Crippen LogP contribution in [-0.2, 0) is 14.4 Å². The summed E-state index contributed by atoms with van der Waals surface area (Å²) in [6, 6.07) is -2.26. The van der Waals surface area contributed by atoms with Crippen molar-refractivity contribution in [3.05, 3.63) is 0 Å². The van der Waals surface area contributed by atoms with E-state index in [9.17, 15) is 14.4 Å². The number of primary amides is 1. The molecule has 0 aromatic rings. The molecule has 0 saturated heterocycles. The fourth-order valence-electron chi connectivity index (χ4n) is 0.763. The Balaban J connectivity index is 4.35. The number of amides is 2. The molecule has 8 heteroatoms. The minimum absolute atomic E-state index is 0.0781. The first-order valence-corrected chi connectivity index (χ1v) is 4.69. The number of nitrogens with two attached hydrogens (primary N) is 2. The van der Waals surface area contributed by atoms with Crippen molar-refractivity contribution in [1.82, 2.24) is 5.32 Å². The Morgan fingerprint density at radius 2 is 1.93 bits per heavy atom. The summed E-state index contributed by atoms with van der Waals surface area (Å²) in [7, 11) is 0. The Morgan fingerprint density at radius 3 is 2.27 bits per heavy atom. The van der Waals surface area contributed by atoms with Crippen LogP contribution in [0.2, 0.25) is 0 Å². The van der Waals surface area contributed by atoms with Crippen LogP contribution in [-0.4, -0.2) is 40.7 Å². The molecule has 2 amide bonds. The molecule has 86 valence electrons. The molecular weight excluding hydrogens is 222 g/mol. The molecule has 0 aliphatic carbocycles. The van der Waals surface area contributed by atoms with E-state index in [0.29, 0.717) is 0 Å². The fourth-order valence-corrected chi connectivity index (χ4v) is 0.929. The first-order chi connectivity index (χ1) is 6.88. The lowest BCUT2D eigenvalue weighted by Crippen LogP contribution is -2.50. The molecule has 0 aliphatic heterocycles. The van der Waals surface area contributed by atoms with E-state index in [1.165, 1.54) is 0 Å². The fraction of sp³-hybridized carbons (Fsp3) is 0.571. The Hall–Kier alpha value is -1.28. The van der Waals surface area contributed by atoms with Gasteiger partial charge >= 0.3 is 5.97 Å². The highest BCUT2D eigenvalue weighted by Crippen LogP contribution is 1.93. The van der Waals surface area contributed by atoms with Gasteiger partial charge in [0.2, 0.25) is 11.8 Å². The van der Waals surface area contributed by atoms with Gasteiger partial charge in [0.15, 0.2) is 0 Å². The highest BCUT2D eigenvalue weighted by Gasteiger charge is 2.24. The second kappa shape index (κ2) is 6.25. The molecule has 0 fully saturated rings. The van der Waals surface area contributed by atoms with Crippen LogP contribution in [0.3, 0.4) is 0 Å². The number of hydrogen-bond donors (Lipinski definition) is 5. The number of thiol groups is 1. The monoisotopic (exact) mass is 235 g/mol. The van der Waals surface area contributed by atoms with Gasteiger partial charge in [-0.1, -0.05) is 0 Å². The topological polar surface area (TPSA) is 136 Å². The van der Waals surface area contributed by atoms with Crippen LogP contribution < -0.4 is 16.8 Å². The number of nitrogens with one attached hydrogen (secondary N) is 1. The van der Waals surface area contributed by atoms with Crippen LogP contribution in [0.15, 0.2) is 0 Å². The predicted octanol–water partition coefficient (Wildman–Crippen LogP) is -2.31. The van der Waals surface area contributed by atoms with Crippen LogP contribution in [0.4, 0.5) is 0 Å². The standard InChI is InChI=1S/C7H13N3O4S/c8-3(2-15)6(12)10-4(7(13)14)1-5(9)11/h3-4,15H,1-2,8H2,(H2,9,11)(H,10,12)(H,13,14)/t3-,4-/m0/s1. The van der Waals surface area contributed by atoms with Crippen LogP contribution in [0.25, 0.3) is 0 Å². The van der Waals surface area contributed by atoms with E-state index >= 15 is 0 Å². The lowest BCUT2D eigenvalue weighted by Gasteiger charge is -2.15. The Bertz CT molecular complexity index is 271. The highest BCUT2D eigenvalue weighted by molar-refractivity contribution is 7.80. The lowest BCUT2D eigenvalue weighted by atomic mass is 10.2. The molecule has 0 radical (unpaired) electrons. The zero-order valence-electron chi connectivity index (χ0n) is 7.84. The third-order valence-corrected chi connectivity index (χ3v) is 1.95. The van der Waals surface area contributed by atoms with Crippen molar-refractivity contribution in [2.45, 2.75) is 18.5 Å². The summed E-state index contributed by atoms with van der Waals surface area (Å²) in [6.45, 7) is 0. The number of aliphatic carboxylic acids is 1. The zero-order valence-corrected chi connectivity index (χ0v) is 8.74. The van der Waals surface area contributed by atoms with Crippen molar-refractivity contribution in [3.63, 3.8) is 0 Å². The molecule has 0 saturated carbocycles. The lowest BCUT2D eigenvalue weighted by molar-refractivity contribution is -0.143. The van der Waals surface area contributed by atoms with Gasteiger partial charge in [-0.25, -0.2) is 4.79 Å². The van der Waals surface area contributed by atoms with Crippen molar-refractivity contribution in [2.75, 3.05) is 5.75 Å². The molecule has 0 bridgehead atoms. The van der Waals surface area contributed by atoms with Gasteiger partial charge in [0, 0.05) is 5.75 Å². The predicted molar refractivity (Wildman–Crippen MR) is 55.2 cm³/mol. The number of carbonyl (C=O) groups excluding carboxylic acids is 2. The summed E-state index contributed by atoms with van der Waals surface area (Å²) in [5, 5.41) is 10.7. The van der Waals surface area contributed by atoms with Gasteiger partial charge < -0.3 is 21.9 Å². The molecule has 6 N–H and O–H groups in total. The van der Waals surface area contributed by atoms with Gasteiger partial charge in [0.25, 0.3) is 0 Å². The first kappa shape index (κ1) is 13.7. The van der Waals surface area contributed by atoms with Crippen LogP contribution >= 0.6 is 12.6 Å². The summed E-state index contributed by atoms with van der Waals surface area (Å²) in [6.07, 6.45) is -0.472. The second-order valence-corrected chi connectivity index (χ2v) is 3.22. The van der Waals surface area contributed by atoms with E-state index in [1.54, 1.807) is 0 Å². The quantitative estimate of drug-likeness (QED) is 0.329. The SMILES string of the molecule is NC(=O)C[C@H](NC(=O)[C@@H](N)CS)C(=O)O. The molecule has 0 spiro atoms. The Kier molecular flexibility index (Phi) is 5.72.